The van der Waals surface area contributed by atoms with Crippen molar-refractivity contribution in [3.8, 4) is 17.3 Å². The van der Waals surface area contributed by atoms with Crippen LogP contribution < -0.4 is 0 Å². The van der Waals surface area contributed by atoms with Crippen molar-refractivity contribution in [2.45, 2.75) is 6.43 Å². The summed E-state index contributed by atoms with van der Waals surface area (Å²) in [4.78, 5) is 4.03. The highest BCUT2D eigenvalue weighted by Gasteiger charge is 2.15. The molecule has 84 valence electrons. The summed E-state index contributed by atoms with van der Waals surface area (Å²) in [5.74, 6) is 0. The normalized spacial score (nSPS) is 10.2. The Morgan fingerprint density at radius 2 is 2.00 bits per heavy atom. The molecule has 2 nitrogen and oxygen atoms in total. The number of pyridine rings is 1. The van der Waals surface area contributed by atoms with Gasteiger partial charge in [0, 0.05) is 17.3 Å². The second-order valence-electron chi connectivity index (χ2n) is 3.43. The van der Waals surface area contributed by atoms with Crippen molar-refractivity contribution >= 4 is 0 Å². The molecule has 0 spiro atoms. The molecule has 1 heterocycles. The van der Waals surface area contributed by atoms with E-state index in [0.29, 0.717) is 11.3 Å². The molecule has 2 rings (SSSR count). The Hall–Kier alpha value is -2.28. The molecule has 0 radical (unpaired) electrons. The van der Waals surface area contributed by atoms with E-state index < -0.39 is 6.43 Å². The van der Waals surface area contributed by atoms with Gasteiger partial charge in [-0.3, -0.25) is 4.98 Å². The van der Waals surface area contributed by atoms with E-state index in [1.807, 2.05) is 6.07 Å². The molecule has 0 N–H and O–H groups in total. The topological polar surface area (TPSA) is 36.7 Å². The van der Waals surface area contributed by atoms with Crippen LogP contribution in [0.1, 0.15) is 17.6 Å². The molecule has 2 aromatic rings. The van der Waals surface area contributed by atoms with Crippen LogP contribution >= 0.6 is 0 Å². The summed E-state index contributed by atoms with van der Waals surface area (Å²) in [6.07, 6.45) is -1.08. The molecule has 1 aromatic heterocycles. The van der Waals surface area contributed by atoms with E-state index in [0.717, 1.165) is 0 Å². The Labute approximate surface area is 97.2 Å². The molecule has 0 aliphatic rings. The number of hydrogen-bond acceptors (Lipinski definition) is 2. The zero-order chi connectivity index (χ0) is 12.3. The van der Waals surface area contributed by atoms with Crippen LogP contribution in [0.15, 0.2) is 42.6 Å². The second kappa shape index (κ2) is 4.71. The molecular formula is C13H8F2N2. The average Bonchev–Trinajstić information content (AvgIpc) is 2.39. The summed E-state index contributed by atoms with van der Waals surface area (Å²) in [5, 5.41) is 8.69. The van der Waals surface area contributed by atoms with Gasteiger partial charge in [-0.05, 0) is 24.3 Å². The highest BCUT2D eigenvalue weighted by atomic mass is 19.3. The maximum Gasteiger partial charge on any atom is 0.264 e. The first-order chi connectivity index (χ1) is 8.22. The fourth-order valence-corrected chi connectivity index (χ4v) is 1.57. The van der Waals surface area contributed by atoms with E-state index in [9.17, 15) is 8.78 Å². The number of rotatable bonds is 2. The SMILES string of the molecule is N#Cc1ccc(-c2ccccn2)c(C(F)F)c1. The number of nitrogens with zero attached hydrogens (tertiary/aromatic N) is 2. The lowest BCUT2D eigenvalue weighted by Crippen LogP contribution is -1.93. The smallest absolute Gasteiger partial charge is 0.256 e. The molecule has 0 aliphatic carbocycles. The van der Waals surface area contributed by atoms with Gasteiger partial charge in [0.2, 0.25) is 0 Å². The minimum atomic E-state index is -2.62. The van der Waals surface area contributed by atoms with Gasteiger partial charge in [-0.15, -0.1) is 0 Å². The molecule has 0 saturated carbocycles. The van der Waals surface area contributed by atoms with Crippen molar-refractivity contribution in [1.29, 1.82) is 5.26 Å². The molecule has 0 fully saturated rings. The lowest BCUT2D eigenvalue weighted by Gasteiger charge is -2.08. The van der Waals surface area contributed by atoms with Crippen LogP contribution in [0.5, 0.6) is 0 Å². The number of nitriles is 1. The standard InChI is InChI=1S/C13H8F2N2/c14-13(15)11-7-9(8-16)4-5-10(11)12-3-1-2-6-17-12/h1-7,13H. The monoisotopic (exact) mass is 230 g/mol. The molecule has 0 atom stereocenters. The van der Waals surface area contributed by atoms with Crippen molar-refractivity contribution in [2.75, 3.05) is 0 Å². The summed E-state index contributed by atoms with van der Waals surface area (Å²) in [5.41, 5.74) is 0.898. The number of aromatic nitrogens is 1. The fraction of sp³-hybridized carbons (Fsp3) is 0.0769. The van der Waals surface area contributed by atoms with Gasteiger partial charge in [0.15, 0.2) is 0 Å². The van der Waals surface area contributed by atoms with Gasteiger partial charge >= 0.3 is 0 Å². The average molecular weight is 230 g/mol. The predicted octanol–water partition coefficient (Wildman–Crippen LogP) is 3.56. The zero-order valence-corrected chi connectivity index (χ0v) is 8.77. The van der Waals surface area contributed by atoms with E-state index >= 15 is 0 Å². The molecule has 0 amide bonds. The molecule has 0 bridgehead atoms. The molecule has 17 heavy (non-hydrogen) atoms. The Bertz CT molecular complexity index is 559. The lowest BCUT2D eigenvalue weighted by atomic mass is 10.0. The van der Waals surface area contributed by atoms with Gasteiger partial charge in [-0.25, -0.2) is 8.78 Å². The van der Waals surface area contributed by atoms with Crippen molar-refractivity contribution < 1.29 is 8.78 Å². The van der Waals surface area contributed by atoms with Crippen molar-refractivity contribution in [3.05, 3.63) is 53.7 Å². The first kappa shape index (κ1) is 11.2. The van der Waals surface area contributed by atoms with Crippen LogP contribution in [0.4, 0.5) is 8.78 Å². The maximum atomic E-state index is 12.9. The van der Waals surface area contributed by atoms with Gasteiger partial charge in [0.25, 0.3) is 6.43 Å². The summed E-state index contributed by atoms with van der Waals surface area (Å²) < 4.78 is 25.8. The van der Waals surface area contributed by atoms with Crippen molar-refractivity contribution in [1.82, 2.24) is 4.98 Å². The van der Waals surface area contributed by atoms with E-state index in [1.165, 1.54) is 18.2 Å². The first-order valence-electron chi connectivity index (χ1n) is 4.96. The summed E-state index contributed by atoms with van der Waals surface area (Å²) in [6.45, 7) is 0. The van der Waals surface area contributed by atoms with E-state index in [4.69, 9.17) is 5.26 Å². The number of alkyl halides is 2. The number of halogens is 2. The molecule has 0 aliphatic heterocycles. The van der Waals surface area contributed by atoms with Crippen LogP contribution in [0.2, 0.25) is 0 Å². The second-order valence-corrected chi connectivity index (χ2v) is 3.43. The minimum absolute atomic E-state index is 0.164. The van der Waals surface area contributed by atoms with Crippen LogP contribution in [0.3, 0.4) is 0 Å². The third-order valence-electron chi connectivity index (χ3n) is 2.36. The van der Waals surface area contributed by atoms with Crippen LogP contribution in [-0.2, 0) is 0 Å². The highest BCUT2D eigenvalue weighted by molar-refractivity contribution is 5.65. The molecular weight excluding hydrogens is 222 g/mol. The van der Waals surface area contributed by atoms with Crippen molar-refractivity contribution in [2.24, 2.45) is 0 Å². The zero-order valence-electron chi connectivity index (χ0n) is 8.77. The van der Waals surface area contributed by atoms with Gasteiger partial charge in [-0.1, -0.05) is 12.1 Å². The fourth-order valence-electron chi connectivity index (χ4n) is 1.57. The van der Waals surface area contributed by atoms with Crippen LogP contribution in [0.25, 0.3) is 11.3 Å². The van der Waals surface area contributed by atoms with Crippen LogP contribution in [0, 0.1) is 11.3 Å². The summed E-state index contributed by atoms with van der Waals surface area (Å²) >= 11 is 0. The third-order valence-corrected chi connectivity index (χ3v) is 2.36. The van der Waals surface area contributed by atoms with Crippen LogP contribution in [-0.4, -0.2) is 4.98 Å². The molecule has 4 heteroatoms. The Morgan fingerprint density at radius 3 is 2.59 bits per heavy atom. The molecule has 1 aromatic carbocycles. The van der Waals surface area contributed by atoms with Gasteiger partial charge in [-0.2, -0.15) is 5.26 Å². The molecule has 0 saturated heterocycles. The van der Waals surface area contributed by atoms with E-state index in [-0.39, 0.29) is 11.1 Å². The lowest BCUT2D eigenvalue weighted by molar-refractivity contribution is 0.152. The van der Waals surface area contributed by atoms with Gasteiger partial charge in [0.05, 0.1) is 17.3 Å². The largest absolute Gasteiger partial charge is 0.264 e. The third kappa shape index (κ3) is 2.28. The van der Waals surface area contributed by atoms with Gasteiger partial charge < -0.3 is 0 Å². The van der Waals surface area contributed by atoms with E-state index in [1.54, 1.807) is 24.4 Å². The Morgan fingerprint density at radius 1 is 1.18 bits per heavy atom. The highest BCUT2D eigenvalue weighted by Crippen LogP contribution is 2.30. The van der Waals surface area contributed by atoms with Gasteiger partial charge in [0.1, 0.15) is 0 Å². The summed E-state index contributed by atoms with van der Waals surface area (Å²) in [7, 11) is 0. The Balaban J connectivity index is 2.59. The number of hydrogen-bond donors (Lipinski definition) is 0. The van der Waals surface area contributed by atoms with E-state index in [2.05, 4.69) is 4.98 Å². The maximum absolute atomic E-state index is 12.9. The first-order valence-corrected chi connectivity index (χ1v) is 4.96. The Kier molecular flexibility index (Phi) is 3.10. The molecule has 0 unspecified atom stereocenters. The quantitative estimate of drug-likeness (QED) is 0.790. The summed E-state index contributed by atoms with van der Waals surface area (Å²) in [6, 6.07) is 11.2. The number of benzene rings is 1. The minimum Gasteiger partial charge on any atom is -0.256 e. The van der Waals surface area contributed by atoms with Crippen molar-refractivity contribution in [3.63, 3.8) is 0 Å². The predicted molar refractivity (Wildman–Crippen MR) is 59.3 cm³/mol.